The van der Waals surface area contributed by atoms with E-state index in [1.165, 1.54) is 0 Å². The van der Waals surface area contributed by atoms with Crippen LogP contribution in [0.1, 0.15) is 25.3 Å². The Morgan fingerprint density at radius 1 is 1.34 bits per heavy atom. The van der Waals surface area contributed by atoms with Gasteiger partial charge in [0.1, 0.15) is 17.9 Å². The first-order valence-electron chi connectivity index (χ1n) is 9.88. The van der Waals surface area contributed by atoms with E-state index < -0.39 is 0 Å². The Morgan fingerprint density at radius 3 is 2.90 bits per heavy atom. The molecule has 152 valence electrons. The highest BCUT2D eigenvalue weighted by Crippen LogP contribution is 2.29. The van der Waals surface area contributed by atoms with Crippen LogP contribution in [0.3, 0.4) is 0 Å². The van der Waals surface area contributed by atoms with Gasteiger partial charge in [-0.2, -0.15) is 0 Å². The molecule has 1 amide bonds. The summed E-state index contributed by atoms with van der Waals surface area (Å²) < 4.78 is 7.34. The summed E-state index contributed by atoms with van der Waals surface area (Å²) in [6, 6.07) is 6.18. The normalized spacial score (nSPS) is 16.4. The summed E-state index contributed by atoms with van der Waals surface area (Å²) in [6.45, 7) is 5.38. The predicted octanol–water partition coefficient (Wildman–Crippen LogP) is 2.77. The molecule has 1 saturated heterocycles. The van der Waals surface area contributed by atoms with Crippen LogP contribution in [-0.2, 0) is 11.8 Å². The third-order valence-electron chi connectivity index (χ3n) is 5.49. The van der Waals surface area contributed by atoms with Gasteiger partial charge < -0.3 is 19.5 Å². The van der Waals surface area contributed by atoms with E-state index >= 15 is 0 Å². The van der Waals surface area contributed by atoms with Gasteiger partial charge in [-0.15, -0.1) is 0 Å². The van der Waals surface area contributed by atoms with Crippen molar-refractivity contribution in [3.8, 4) is 17.1 Å². The highest BCUT2D eigenvalue weighted by atomic mass is 16.5. The summed E-state index contributed by atoms with van der Waals surface area (Å²) in [5.41, 5.74) is 3.55. The fourth-order valence-electron chi connectivity index (χ4n) is 3.90. The van der Waals surface area contributed by atoms with Crippen LogP contribution in [0, 0.1) is 6.92 Å². The number of nitrogens with one attached hydrogen (secondary N) is 1. The monoisotopic (exact) mass is 394 g/mol. The topological polar surface area (TPSA) is 85.2 Å². The molecule has 1 aromatic carbocycles. The van der Waals surface area contributed by atoms with Crippen LogP contribution in [0.15, 0.2) is 24.5 Å². The van der Waals surface area contributed by atoms with E-state index in [0.29, 0.717) is 18.8 Å². The van der Waals surface area contributed by atoms with Gasteiger partial charge in [0.15, 0.2) is 17.0 Å². The summed E-state index contributed by atoms with van der Waals surface area (Å²) in [5, 5.41) is 3.47. The molecule has 3 aromatic rings. The summed E-state index contributed by atoms with van der Waals surface area (Å²) in [7, 11) is 3.63. The van der Waals surface area contributed by atoms with Crippen LogP contribution in [0.5, 0.6) is 5.75 Å². The highest BCUT2D eigenvalue weighted by Gasteiger charge is 2.26. The fraction of sp³-hybridized carbons (Fsp3) is 0.429. The number of aryl methyl sites for hydroxylation is 2. The number of hydrogen-bond acceptors (Lipinski definition) is 6. The van der Waals surface area contributed by atoms with Gasteiger partial charge >= 0.3 is 0 Å². The number of ether oxygens (including phenoxy) is 1. The van der Waals surface area contributed by atoms with Crippen LogP contribution in [0.2, 0.25) is 0 Å². The second-order valence-electron chi connectivity index (χ2n) is 7.40. The maximum Gasteiger partial charge on any atom is 0.222 e. The number of fused-ring (bicyclic) bond motifs is 1. The molecule has 1 aliphatic rings. The molecule has 0 unspecified atom stereocenters. The number of nitrogens with zero attached hydrogens (tertiary/aromatic N) is 5. The quantitative estimate of drug-likeness (QED) is 0.716. The maximum atomic E-state index is 12.0. The second kappa shape index (κ2) is 7.69. The number of carbonyl (C=O) groups excluding carboxylic acids is 1. The smallest absolute Gasteiger partial charge is 0.222 e. The van der Waals surface area contributed by atoms with Crippen molar-refractivity contribution < 1.29 is 9.53 Å². The molecule has 1 aliphatic heterocycles. The van der Waals surface area contributed by atoms with Crippen LogP contribution in [0.25, 0.3) is 22.6 Å². The minimum Gasteiger partial charge on any atom is -0.496 e. The highest BCUT2D eigenvalue weighted by molar-refractivity contribution is 5.86. The number of methoxy groups -OCH3 is 1. The molecule has 4 rings (SSSR count). The molecule has 0 saturated carbocycles. The number of rotatable bonds is 5. The minimum absolute atomic E-state index is 0.164. The molecule has 3 heterocycles. The molecule has 29 heavy (non-hydrogen) atoms. The average Bonchev–Trinajstić information content (AvgIpc) is 3.33. The number of likely N-dealkylation sites (tertiary alicyclic amines) is 1. The lowest BCUT2D eigenvalue weighted by molar-refractivity contribution is -0.129. The molecule has 0 aliphatic carbocycles. The van der Waals surface area contributed by atoms with Crippen molar-refractivity contribution in [3.05, 3.63) is 30.1 Å². The largest absolute Gasteiger partial charge is 0.496 e. The van der Waals surface area contributed by atoms with E-state index in [-0.39, 0.29) is 11.9 Å². The lowest BCUT2D eigenvalue weighted by atomic mass is 10.1. The number of anilines is 1. The first-order chi connectivity index (χ1) is 14.0. The van der Waals surface area contributed by atoms with Gasteiger partial charge in [-0.05, 0) is 37.1 Å². The third kappa shape index (κ3) is 3.50. The van der Waals surface area contributed by atoms with E-state index in [1.807, 2.05) is 42.5 Å². The van der Waals surface area contributed by atoms with Crippen molar-refractivity contribution in [2.75, 3.05) is 25.5 Å². The molecule has 0 radical (unpaired) electrons. The summed E-state index contributed by atoms with van der Waals surface area (Å²) in [6.07, 6.45) is 2.99. The molecular weight excluding hydrogens is 368 g/mol. The summed E-state index contributed by atoms with van der Waals surface area (Å²) in [5.74, 6) is 2.57. The molecule has 0 spiro atoms. The molecule has 2 aromatic heterocycles. The Labute approximate surface area is 169 Å². The SMILES string of the molecule is CCC(=O)N1CC[C@H](Nc2ncnc3c2nc(-c2ccc(OC)c(C)c2)n3C)C1. The van der Waals surface area contributed by atoms with Gasteiger partial charge in [-0.1, -0.05) is 6.92 Å². The van der Waals surface area contributed by atoms with Gasteiger partial charge in [0.2, 0.25) is 5.91 Å². The summed E-state index contributed by atoms with van der Waals surface area (Å²) in [4.78, 5) is 27.6. The molecule has 8 nitrogen and oxygen atoms in total. The number of benzene rings is 1. The average molecular weight is 394 g/mol. The zero-order valence-electron chi connectivity index (χ0n) is 17.3. The Morgan fingerprint density at radius 2 is 2.17 bits per heavy atom. The van der Waals surface area contributed by atoms with Crippen molar-refractivity contribution in [2.45, 2.75) is 32.7 Å². The number of imidazole rings is 1. The second-order valence-corrected chi connectivity index (χ2v) is 7.40. The first kappa shape index (κ1) is 19.2. The van der Waals surface area contributed by atoms with E-state index in [4.69, 9.17) is 9.72 Å². The maximum absolute atomic E-state index is 12.0. The van der Waals surface area contributed by atoms with Crippen molar-refractivity contribution in [1.29, 1.82) is 0 Å². The molecule has 0 bridgehead atoms. The lowest BCUT2D eigenvalue weighted by Gasteiger charge is -2.16. The van der Waals surface area contributed by atoms with E-state index in [1.54, 1.807) is 13.4 Å². The van der Waals surface area contributed by atoms with Crippen LogP contribution < -0.4 is 10.1 Å². The van der Waals surface area contributed by atoms with E-state index in [9.17, 15) is 4.79 Å². The number of hydrogen-bond donors (Lipinski definition) is 1. The number of aromatic nitrogens is 4. The third-order valence-corrected chi connectivity index (χ3v) is 5.49. The van der Waals surface area contributed by atoms with Crippen molar-refractivity contribution >= 4 is 22.9 Å². The van der Waals surface area contributed by atoms with Gasteiger partial charge in [0.25, 0.3) is 0 Å². The molecular formula is C21H26N6O2. The zero-order valence-corrected chi connectivity index (χ0v) is 17.3. The molecule has 1 N–H and O–H groups in total. The Balaban J connectivity index is 1.65. The standard InChI is InChI=1S/C21H26N6O2/c1-5-17(28)27-9-8-15(11-27)24-19-18-21(23-12-22-19)26(3)20(25-18)14-6-7-16(29-4)13(2)10-14/h6-7,10,12,15H,5,8-9,11H2,1-4H3,(H,22,23,24)/t15-/m0/s1. The van der Waals surface area contributed by atoms with Crippen LogP contribution >= 0.6 is 0 Å². The van der Waals surface area contributed by atoms with E-state index in [0.717, 1.165) is 46.8 Å². The first-order valence-corrected chi connectivity index (χ1v) is 9.88. The van der Waals surface area contributed by atoms with Gasteiger partial charge in [0.05, 0.1) is 7.11 Å². The molecule has 1 atom stereocenters. The molecule has 1 fully saturated rings. The van der Waals surface area contributed by atoms with Gasteiger partial charge in [-0.25, -0.2) is 15.0 Å². The van der Waals surface area contributed by atoms with Crippen molar-refractivity contribution in [2.24, 2.45) is 7.05 Å². The van der Waals surface area contributed by atoms with Crippen LogP contribution in [0.4, 0.5) is 5.82 Å². The predicted molar refractivity (Wildman–Crippen MR) is 112 cm³/mol. The number of carbonyl (C=O) groups is 1. The van der Waals surface area contributed by atoms with Gasteiger partial charge in [-0.3, -0.25) is 4.79 Å². The van der Waals surface area contributed by atoms with Crippen molar-refractivity contribution in [3.63, 3.8) is 0 Å². The minimum atomic E-state index is 0.164. The number of amides is 1. The molecule has 8 heteroatoms. The Hall–Kier alpha value is -3.16. The van der Waals surface area contributed by atoms with E-state index in [2.05, 4.69) is 21.4 Å². The van der Waals surface area contributed by atoms with Gasteiger partial charge in [0, 0.05) is 38.2 Å². The Bertz CT molecular complexity index is 1060. The lowest BCUT2D eigenvalue weighted by Crippen LogP contribution is -2.31. The van der Waals surface area contributed by atoms with Crippen LogP contribution in [-0.4, -0.2) is 56.6 Å². The Kier molecular flexibility index (Phi) is 5.08. The summed E-state index contributed by atoms with van der Waals surface area (Å²) >= 11 is 0. The van der Waals surface area contributed by atoms with Crippen molar-refractivity contribution in [1.82, 2.24) is 24.4 Å². The fourth-order valence-corrected chi connectivity index (χ4v) is 3.90. The zero-order chi connectivity index (χ0) is 20.5.